The lowest BCUT2D eigenvalue weighted by Crippen LogP contribution is -2.39. The van der Waals surface area contributed by atoms with E-state index in [1.165, 1.54) is 11.4 Å². The maximum absolute atomic E-state index is 13.3. The zero-order chi connectivity index (χ0) is 22.7. The van der Waals surface area contributed by atoms with Crippen LogP contribution in [0.1, 0.15) is 42.9 Å². The van der Waals surface area contributed by atoms with Crippen molar-refractivity contribution in [1.82, 2.24) is 15.2 Å². The molecule has 0 aliphatic carbocycles. The van der Waals surface area contributed by atoms with E-state index in [4.69, 9.17) is 4.74 Å². The van der Waals surface area contributed by atoms with Gasteiger partial charge in [0, 0.05) is 24.8 Å². The zero-order valence-electron chi connectivity index (χ0n) is 18.4. The third-order valence-corrected chi connectivity index (χ3v) is 7.98. The van der Waals surface area contributed by atoms with Crippen LogP contribution in [0.2, 0.25) is 0 Å². The molecule has 1 amide bonds. The second kappa shape index (κ2) is 9.58. The van der Waals surface area contributed by atoms with Crippen LogP contribution >= 0.6 is 0 Å². The van der Waals surface area contributed by atoms with Crippen molar-refractivity contribution in [2.45, 2.75) is 49.6 Å². The van der Waals surface area contributed by atoms with Gasteiger partial charge in [0.2, 0.25) is 15.9 Å². The highest BCUT2D eigenvalue weighted by Crippen LogP contribution is 2.33. The largest absolute Gasteiger partial charge is 0.495 e. The maximum atomic E-state index is 13.3. The van der Waals surface area contributed by atoms with Gasteiger partial charge in [0.15, 0.2) is 0 Å². The van der Waals surface area contributed by atoms with Crippen LogP contribution in [-0.2, 0) is 14.8 Å². The quantitative estimate of drug-likeness (QED) is 0.616. The van der Waals surface area contributed by atoms with Crippen LogP contribution in [0.4, 0.5) is 5.69 Å². The van der Waals surface area contributed by atoms with Gasteiger partial charge in [-0.2, -0.15) is 4.31 Å². The molecule has 2 atom stereocenters. The number of nitrogens with one attached hydrogen (secondary N) is 3. The highest BCUT2D eigenvalue weighted by Gasteiger charge is 2.33. The number of anilines is 1. The van der Waals surface area contributed by atoms with E-state index >= 15 is 0 Å². The summed E-state index contributed by atoms with van der Waals surface area (Å²) in [4.78, 5) is 12.8. The number of hydrogen-bond acceptors (Lipinski definition) is 6. The van der Waals surface area contributed by atoms with Gasteiger partial charge in [0.05, 0.1) is 7.11 Å². The van der Waals surface area contributed by atoms with Gasteiger partial charge in [0.1, 0.15) is 16.7 Å². The SMILES string of the molecule is COc1ccc(C2CC(C(=O)Nc3ccc(C)cc3)NN2)cc1S(=O)(=O)N1CCCCC1. The highest BCUT2D eigenvalue weighted by atomic mass is 32.2. The van der Waals surface area contributed by atoms with E-state index in [0.29, 0.717) is 25.3 Å². The summed E-state index contributed by atoms with van der Waals surface area (Å²) in [5, 5.41) is 2.92. The molecule has 2 aromatic rings. The van der Waals surface area contributed by atoms with E-state index in [2.05, 4.69) is 16.2 Å². The van der Waals surface area contributed by atoms with Crippen LogP contribution < -0.4 is 20.9 Å². The minimum Gasteiger partial charge on any atom is -0.495 e. The third-order valence-electron chi connectivity index (χ3n) is 6.06. The van der Waals surface area contributed by atoms with Crippen molar-refractivity contribution in [1.29, 1.82) is 0 Å². The van der Waals surface area contributed by atoms with E-state index < -0.39 is 16.1 Å². The lowest BCUT2D eigenvalue weighted by molar-refractivity contribution is -0.117. The number of aryl methyl sites for hydroxylation is 1. The van der Waals surface area contributed by atoms with Crippen molar-refractivity contribution in [3.05, 3.63) is 53.6 Å². The predicted octanol–water partition coefficient (Wildman–Crippen LogP) is 2.72. The third kappa shape index (κ3) is 4.80. The fraction of sp³-hybridized carbons (Fsp3) is 0.435. The Morgan fingerprint density at radius 1 is 1.06 bits per heavy atom. The minimum absolute atomic E-state index is 0.140. The summed E-state index contributed by atoms with van der Waals surface area (Å²) in [6, 6.07) is 12.2. The molecule has 2 heterocycles. The summed E-state index contributed by atoms with van der Waals surface area (Å²) in [6.07, 6.45) is 3.28. The standard InChI is InChI=1S/C23H30N4O4S/c1-16-6-9-18(10-7-16)24-23(28)20-15-19(25-26-20)17-8-11-21(31-2)22(14-17)32(29,30)27-12-4-3-5-13-27/h6-11,14,19-20,25-26H,3-5,12-13,15H2,1-2H3,(H,24,28). The zero-order valence-corrected chi connectivity index (χ0v) is 19.2. The molecule has 3 N–H and O–H groups in total. The number of nitrogens with zero attached hydrogens (tertiary/aromatic N) is 1. The smallest absolute Gasteiger partial charge is 0.246 e. The van der Waals surface area contributed by atoms with Crippen molar-refractivity contribution in [2.75, 3.05) is 25.5 Å². The number of carbonyl (C=O) groups is 1. The van der Waals surface area contributed by atoms with E-state index in [0.717, 1.165) is 36.1 Å². The lowest BCUT2D eigenvalue weighted by Gasteiger charge is -2.27. The Kier molecular flexibility index (Phi) is 6.80. The first-order chi connectivity index (χ1) is 15.4. The minimum atomic E-state index is -3.65. The van der Waals surface area contributed by atoms with Crippen LogP contribution in [0, 0.1) is 6.92 Å². The molecule has 0 radical (unpaired) electrons. The Labute approximate surface area is 189 Å². The number of sulfonamides is 1. The second-order valence-electron chi connectivity index (χ2n) is 8.36. The maximum Gasteiger partial charge on any atom is 0.246 e. The van der Waals surface area contributed by atoms with Crippen molar-refractivity contribution in [2.24, 2.45) is 0 Å². The van der Waals surface area contributed by atoms with Crippen molar-refractivity contribution >= 4 is 21.6 Å². The van der Waals surface area contributed by atoms with Crippen molar-refractivity contribution < 1.29 is 17.9 Å². The molecule has 0 spiro atoms. The van der Waals surface area contributed by atoms with E-state index in [1.807, 2.05) is 37.3 Å². The number of hydrazine groups is 1. The number of carbonyl (C=O) groups excluding carboxylic acids is 1. The Bertz CT molecular complexity index is 1070. The molecule has 0 saturated carbocycles. The molecule has 4 rings (SSSR count). The van der Waals surface area contributed by atoms with Gasteiger partial charge in [-0.25, -0.2) is 19.3 Å². The molecule has 32 heavy (non-hydrogen) atoms. The average Bonchev–Trinajstić information content (AvgIpc) is 3.31. The number of rotatable bonds is 6. The molecular formula is C23H30N4O4S. The monoisotopic (exact) mass is 458 g/mol. The number of ether oxygens (including phenoxy) is 1. The van der Waals surface area contributed by atoms with Crippen molar-refractivity contribution in [3.8, 4) is 5.75 Å². The topological polar surface area (TPSA) is 99.8 Å². The predicted molar refractivity (Wildman–Crippen MR) is 123 cm³/mol. The molecule has 2 fully saturated rings. The number of hydrogen-bond donors (Lipinski definition) is 3. The molecule has 0 aromatic heterocycles. The van der Waals surface area contributed by atoms with Gasteiger partial charge >= 0.3 is 0 Å². The first kappa shape index (κ1) is 22.7. The normalized spacial score (nSPS) is 21.9. The van der Waals surface area contributed by atoms with Gasteiger partial charge in [-0.1, -0.05) is 30.2 Å². The number of piperidine rings is 1. The highest BCUT2D eigenvalue weighted by molar-refractivity contribution is 7.89. The summed E-state index contributed by atoms with van der Waals surface area (Å²) in [6.45, 7) is 3.05. The van der Waals surface area contributed by atoms with Crippen LogP contribution in [-0.4, -0.2) is 44.9 Å². The average molecular weight is 459 g/mol. The van der Waals surface area contributed by atoms with Gasteiger partial charge in [-0.05, 0) is 56.0 Å². The lowest BCUT2D eigenvalue weighted by atomic mass is 10.0. The van der Waals surface area contributed by atoms with E-state index in [-0.39, 0.29) is 16.8 Å². The van der Waals surface area contributed by atoms with Crippen molar-refractivity contribution in [3.63, 3.8) is 0 Å². The fourth-order valence-corrected chi connectivity index (χ4v) is 5.88. The van der Waals surface area contributed by atoms with Gasteiger partial charge in [-0.15, -0.1) is 0 Å². The summed E-state index contributed by atoms with van der Waals surface area (Å²) in [5.74, 6) is 0.192. The second-order valence-corrected chi connectivity index (χ2v) is 10.3. The van der Waals surface area contributed by atoms with Gasteiger partial charge in [0.25, 0.3) is 0 Å². The first-order valence-electron chi connectivity index (χ1n) is 10.9. The number of benzene rings is 2. The van der Waals surface area contributed by atoms with E-state index in [1.54, 1.807) is 12.1 Å². The van der Waals surface area contributed by atoms with Crippen LogP contribution in [0.15, 0.2) is 47.4 Å². The first-order valence-corrected chi connectivity index (χ1v) is 12.4. The van der Waals surface area contributed by atoms with Gasteiger partial charge < -0.3 is 10.1 Å². The summed E-state index contributed by atoms with van der Waals surface area (Å²) in [7, 11) is -2.17. The molecule has 2 aliphatic heterocycles. The summed E-state index contributed by atoms with van der Waals surface area (Å²) >= 11 is 0. The molecule has 8 nitrogen and oxygen atoms in total. The number of amides is 1. The molecule has 0 bridgehead atoms. The Morgan fingerprint density at radius 3 is 2.47 bits per heavy atom. The Morgan fingerprint density at radius 2 is 1.78 bits per heavy atom. The molecule has 2 unspecified atom stereocenters. The Hall–Kier alpha value is -2.46. The van der Waals surface area contributed by atoms with Gasteiger partial charge in [-0.3, -0.25) is 4.79 Å². The summed E-state index contributed by atoms with van der Waals surface area (Å²) in [5.41, 5.74) is 8.82. The van der Waals surface area contributed by atoms with Crippen LogP contribution in [0.3, 0.4) is 0 Å². The molecule has 2 aromatic carbocycles. The fourth-order valence-electron chi connectivity index (χ4n) is 4.17. The molecule has 2 aliphatic rings. The molecule has 9 heteroatoms. The molecule has 2 saturated heterocycles. The van der Waals surface area contributed by atoms with Crippen LogP contribution in [0.5, 0.6) is 5.75 Å². The van der Waals surface area contributed by atoms with E-state index in [9.17, 15) is 13.2 Å². The molecule has 172 valence electrons. The Balaban J connectivity index is 1.50. The molecular weight excluding hydrogens is 428 g/mol. The van der Waals surface area contributed by atoms with Crippen LogP contribution in [0.25, 0.3) is 0 Å². The summed E-state index contributed by atoms with van der Waals surface area (Å²) < 4.78 is 33.5. The number of methoxy groups -OCH3 is 1.